The van der Waals surface area contributed by atoms with Gasteiger partial charge in [0.25, 0.3) is 0 Å². The number of ether oxygens (including phenoxy) is 2. The van der Waals surface area contributed by atoms with Crippen molar-refractivity contribution in [2.24, 2.45) is 0 Å². The van der Waals surface area contributed by atoms with Gasteiger partial charge in [0.2, 0.25) is 0 Å². The van der Waals surface area contributed by atoms with Gasteiger partial charge in [0, 0.05) is 0 Å². The van der Waals surface area contributed by atoms with Gasteiger partial charge in [-0.25, -0.2) is 4.79 Å². The maximum atomic E-state index is 13.2. The fraction of sp³-hybridized carbons (Fsp3) is 0.634. The molecule has 4 rings (SSSR count). The summed E-state index contributed by atoms with van der Waals surface area (Å²) in [6.45, 7) is 6.78. The fourth-order valence-corrected chi connectivity index (χ4v) is 7.47. The molecule has 0 saturated heterocycles. The first-order valence-corrected chi connectivity index (χ1v) is 18.5. The summed E-state index contributed by atoms with van der Waals surface area (Å²) in [6.07, 6.45) is 28.2. The van der Waals surface area contributed by atoms with Crippen LogP contribution >= 0.6 is 0 Å². The molecule has 3 nitrogen and oxygen atoms in total. The maximum absolute atomic E-state index is 13.2. The Morgan fingerprint density at radius 2 is 1.30 bits per heavy atom. The van der Waals surface area contributed by atoms with E-state index in [0.717, 1.165) is 56.3 Å². The summed E-state index contributed by atoms with van der Waals surface area (Å²) in [5, 5.41) is 0. The van der Waals surface area contributed by atoms with Crippen LogP contribution in [0.25, 0.3) is 5.57 Å². The number of rotatable bonds is 21. The smallest absolute Gasteiger partial charge is 0.343 e. The number of esters is 1. The van der Waals surface area contributed by atoms with Crippen LogP contribution in [0.3, 0.4) is 0 Å². The van der Waals surface area contributed by atoms with Crippen molar-refractivity contribution in [3.05, 3.63) is 64.7 Å². The minimum absolute atomic E-state index is 0.230. The van der Waals surface area contributed by atoms with Crippen LogP contribution < -0.4 is 9.47 Å². The summed E-state index contributed by atoms with van der Waals surface area (Å²) >= 11 is 0. The number of hydrogen-bond donors (Lipinski definition) is 0. The van der Waals surface area contributed by atoms with Gasteiger partial charge in [-0.3, -0.25) is 0 Å². The molecule has 1 aliphatic heterocycles. The molecule has 1 heterocycles. The Hall–Kier alpha value is -2.55. The molecule has 3 heteroatoms. The topological polar surface area (TPSA) is 35.5 Å². The molecule has 0 atom stereocenters. The lowest BCUT2D eigenvalue weighted by molar-refractivity contribution is 0.0728. The van der Waals surface area contributed by atoms with E-state index in [9.17, 15) is 4.79 Å². The number of aryl methyl sites for hydroxylation is 1. The Morgan fingerprint density at radius 1 is 0.727 bits per heavy atom. The lowest BCUT2D eigenvalue weighted by Crippen LogP contribution is -2.39. The van der Waals surface area contributed by atoms with Crippen molar-refractivity contribution in [1.29, 1.82) is 0 Å². The highest BCUT2D eigenvalue weighted by Crippen LogP contribution is 2.54. The third kappa shape index (κ3) is 9.48. The third-order valence-corrected chi connectivity index (χ3v) is 10.2. The Labute approximate surface area is 269 Å². The molecule has 0 bridgehead atoms. The van der Waals surface area contributed by atoms with E-state index in [2.05, 4.69) is 32.9 Å². The van der Waals surface area contributed by atoms with E-state index < -0.39 is 0 Å². The van der Waals surface area contributed by atoms with Crippen LogP contribution in [0.4, 0.5) is 0 Å². The first-order valence-electron chi connectivity index (χ1n) is 18.5. The average Bonchev–Trinajstić information content (AvgIpc) is 3.55. The molecular weight excluding hydrogens is 540 g/mol. The van der Waals surface area contributed by atoms with Crippen molar-refractivity contribution in [2.75, 3.05) is 0 Å². The lowest BCUT2D eigenvalue weighted by Gasteiger charge is -2.40. The van der Waals surface area contributed by atoms with Crippen LogP contribution in [-0.2, 0) is 6.42 Å². The second-order valence-corrected chi connectivity index (χ2v) is 13.4. The monoisotopic (exact) mass is 600 g/mol. The molecule has 242 valence electrons. The summed E-state index contributed by atoms with van der Waals surface area (Å²) in [7, 11) is 0. The molecule has 0 unspecified atom stereocenters. The molecule has 2 aromatic carbocycles. The number of hydrogen-bond acceptors (Lipinski definition) is 3. The first-order chi connectivity index (χ1) is 21.6. The fourth-order valence-electron chi connectivity index (χ4n) is 7.47. The maximum Gasteiger partial charge on any atom is 0.343 e. The van der Waals surface area contributed by atoms with Crippen molar-refractivity contribution in [3.8, 4) is 11.5 Å². The van der Waals surface area contributed by atoms with Crippen molar-refractivity contribution < 1.29 is 14.3 Å². The van der Waals surface area contributed by atoms with Gasteiger partial charge < -0.3 is 9.47 Å². The summed E-state index contributed by atoms with van der Waals surface area (Å²) in [5.74, 6) is 1.30. The van der Waals surface area contributed by atoms with Crippen molar-refractivity contribution in [1.82, 2.24) is 0 Å². The van der Waals surface area contributed by atoms with Crippen molar-refractivity contribution in [2.45, 2.75) is 168 Å². The SMILES string of the molecule is CCCCCCCCCCCCCCCCCCc1cc(OC(=O)c2ccccc2)c2c(c1)OC(CC)(CC)C1=C2CCC1. The Bertz CT molecular complexity index is 1170. The van der Waals surface area contributed by atoms with Gasteiger partial charge in [0.05, 0.1) is 11.1 Å². The van der Waals surface area contributed by atoms with Crippen molar-refractivity contribution in [3.63, 3.8) is 0 Å². The molecule has 0 radical (unpaired) electrons. The van der Waals surface area contributed by atoms with Crippen molar-refractivity contribution >= 4 is 11.5 Å². The van der Waals surface area contributed by atoms with Gasteiger partial charge >= 0.3 is 5.97 Å². The molecule has 0 spiro atoms. The van der Waals surface area contributed by atoms with E-state index in [4.69, 9.17) is 9.47 Å². The van der Waals surface area contributed by atoms with Crippen LogP contribution in [0, 0.1) is 0 Å². The normalized spacial score (nSPS) is 15.2. The zero-order valence-corrected chi connectivity index (χ0v) is 28.3. The zero-order valence-electron chi connectivity index (χ0n) is 28.3. The van der Waals surface area contributed by atoms with Crippen LogP contribution in [0.1, 0.15) is 177 Å². The standard InChI is InChI=1S/C41H60O3/c1-4-7-8-9-10-11-12-13-14-15-16-17-18-19-20-22-26-33-31-37(43-40(42)34-27-23-21-24-28-34)39-35-29-25-30-36(35)41(5-2,6-3)44-38(39)32-33/h21,23-24,27-28,31-32H,4-20,22,25-26,29-30H2,1-3H3. The minimum Gasteiger partial charge on any atom is -0.482 e. The molecule has 2 aliphatic rings. The number of carbonyl (C=O) groups excluding carboxylic acids is 1. The van der Waals surface area contributed by atoms with Gasteiger partial charge in [-0.15, -0.1) is 0 Å². The molecule has 0 aromatic heterocycles. The Kier molecular flexibility index (Phi) is 14.4. The highest BCUT2D eigenvalue weighted by atomic mass is 16.5. The molecule has 0 N–H and O–H groups in total. The highest BCUT2D eigenvalue weighted by molar-refractivity contribution is 5.93. The lowest BCUT2D eigenvalue weighted by atomic mass is 9.81. The van der Waals surface area contributed by atoms with Gasteiger partial charge in [0.15, 0.2) is 0 Å². The van der Waals surface area contributed by atoms with Crippen LogP contribution in [0.15, 0.2) is 48.0 Å². The first kappa shape index (κ1) is 34.3. The summed E-state index contributed by atoms with van der Waals surface area (Å²) < 4.78 is 13.0. The highest BCUT2D eigenvalue weighted by Gasteiger charge is 2.43. The number of fused-ring (bicyclic) bond motifs is 2. The van der Waals surface area contributed by atoms with E-state index in [-0.39, 0.29) is 11.6 Å². The largest absolute Gasteiger partial charge is 0.482 e. The molecule has 0 fully saturated rings. The van der Waals surface area contributed by atoms with Crippen LogP contribution in [0.5, 0.6) is 11.5 Å². The molecule has 2 aromatic rings. The van der Waals surface area contributed by atoms with Crippen LogP contribution in [0.2, 0.25) is 0 Å². The predicted molar refractivity (Wildman–Crippen MR) is 186 cm³/mol. The van der Waals surface area contributed by atoms with Crippen LogP contribution in [-0.4, -0.2) is 11.6 Å². The molecule has 0 amide bonds. The van der Waals surface area contributed by atoms with Gasteiger partial charge in [-0.05, 0) is 85.9 Å². The second-order valence-electron chi connectivity index (χ2n) is 13.4. The van der Waals surface area contributed by atoms with E-state index in [0.29, 0.717) is 11.3 Å². The van der Waals surface area contributed by atoms with E-state index in [1.54, 1.807) is 0 Å². The molecule has 44 heavy (non-hydrogen) atoms. The average molecular weight is 601 g/mol. The molecule has 0 saturated carbocycles. The number of benzene rings is 2. The summed E-state index contributed by atoms with van der Waals surface area (Å²) in [5.41, 5.74) is 5.38. The minimum atomic E-state index is -0.296. The molecular formula is C41H60O3. The Morgan fingerprint density at radius 3 is 1.86 bits per heavy atom. The van der Waals surface area contributed by atoms with E-state index >= 15 is 0 Å². The van der Waals surface area contributed by atoms with Gasteiger partial charge in [-0.1, -0.05) is 135 Å². The predicted octanol–water partition coefficient (Wildman–Crippen LogP) is 12.6. The quantitative estimate of drug-likeness (QED) is 0.0812. The molecule has 1 aliphatic carbocycles. The summed E-state index contributed by atoms with van der Waals surface area (Å²) in [4.78, 5) is 13.2. The third-order valence-electron chi connectivity index (χ3n) is 10.2. The number of unbranched alkanes of at least 4 members (excludes halogenated alkanes) is 15. The Balaban J connectivity index is 1.27. The van der Waals surface area contributed by atoms with E-state index in [1.807, 2.05) is 30.3 Å². The zero-order chi connectivity index (χ0) is 31.0. The van der Waals surface area contributed by atoms with Gasteiger partial charge in [0.1, 0.15) is 17.1 Å². The number of carbonyl (C=O) groups is 1. The number of allylic oxidation sites excluding steroid dienone is 1. The van der Waals surface area contributed by atoms with E-state index in [1.165, 1.54) is 113 Å². The second kappa shape index (κ2) is 18.4. The summed E-state index contributed by atoms with van der Waals surface area (Å²) in [6, 6.07) is 13.7. The van der Waals surface area contributed by atoms with Gasteiger partial charge in [-0.2, -0.15) is 0 Å².